The average molecular weight is 300 g/mol. The van der Waals surface area contributed by atoms with Crippen molar-refractivity contribution in [1.29, 1.82) is 0 Å². The van der Waals surface area contributed by atoms with Crippen LogP contribution in [0.5, 0.6) is 0 Å². The van der Waals surface area contributed by atoms with E-state index in [1.807, 2.05) is 6.92 Å². The summed E-state index contributed by atoms with van der Waals surface area (Å²) in [5.74, 6) is -0.365. The number of aliphatic hydroxyl groups excluding tert-OH is 1. The molecule has 0 aliphatic carbocycles. The number of hydrogen-bond acceptors (Lipinski definition) is 3. The van der Waals surface area contributed by atoms with Gasteiger partial charge in [-0.2, -0.15) is 0 Å². The van der Waals surface area contributed by atoms with Crippen molar-refractivity contribution in [3.05, 3.63) is 40.4 Å². The molecule has 4 nitrogen and oxygen atoms in total. The standard InChI is InChI=1S/C11H11BrFN3O/c1-2-11(17)10-6-16(15-14-10)7-3-4-8(12)9(13)5-7/h3-6,11,17H,2H2,1H3. The second kappa shape index (κ2) is 4.93. The Morgan fingerprint density at radius 1 is 1.53 bits per heavy atom. The zero-order valence-corrected chi connectivity index (χ0v) is 10.7. The first-order valence-corrected chi connectivity index (χ1v) is 5.97. The van der Waals surface area contributed by atoms with E-state index in [9.17, 15) is 9.50 Å². The summed E-state index contributed by atoms with van der Waals surface area (Å²) in [6.45, 7) is 1.85. The van der Waals surface area contributed by atoms with Crippen LogP contribution in [0.25, 0.3) is 5.69 Å². The Kier molecular flexibility index (Phi) is 3.54. The summed E-state index contributed by atoms with van der Waals surface area (Å²) in [6.07, 6.45) is 1.52. The molecule has 0 aliphatic heterocycles. The predicted molar refractivity (Wildman–Crippen MR) is 64.3 cm³/mol. The second-order valence-corrected chi connectivity index (χ2v) is 4.46. The molecule has 0 saturated carbocycles. The highest BCUT2D eigenvalue weighted by atomic mass is 79.9. The van der Waals surface area contributed by atoms with Crippen LogP contribution < -0.4 is 0 Å². The summed E-state index contributed by atoms with van der Waals surface area (Å²) in [5.41, 5.74) is 1.04. The first-order valence-electron chi connectivity index (χ1n) is 5.17. The third-order valence-corrected chi connectivity index (χ3v) is 3.05. The van der Waals surface area contributed by atoms with E-state index < -0.39 is 6.10 Å². The van der Waals surface area contributed by atoms with E-state index in [1.165, 1.54) is 10.7 Å². The lowest BCUT2D eigenvalue weighted by molar-refractivity contribution is 0.169. The molecule has 1 atom stereocenters. The molecule has 17 heavy (non-hydrogen) atoms. The summed E-state index contributed by atoms with van der Waals surface area (Å²) >= 11 is 3.08. The number of aromatic nitrogens is 3. The van der Waals surface area contributed by atoms with Crippen LogP contribution >= 0.6 is 15.9 Å². The van der Waals surface area contributed by atoms with Crippen molar-refractivity contribution in [2.24, 2.45) is 0 Å². The van der Waals surface area contributed by atoms with Gasteiger partial charge in [-0.1, -0.05) is 12.1 Å². The number of halogens is 2. The Hall–Kier alpha value is -1.27. The maximum Gasteiger partial charge on any atom is 0.139 e. The zero-order chi connectivity index (χ0) is 12.4. The summed E-state index contributed by atoms with van der Waals surface area (Å²) < 4.78 is 15.2. The van der Waals surface area contributed by atoms with Crippen LogP contribution in [-0.4, -0.2) is 20.1 Å². The Labute approximate surface area is 106 Å². The lowest BCUT2D eigenvalue weighted by Crippen LogP contribution is -1.96. The summed E-state index contributed by atoms with van der Waals surface area (Å²) in [4.78, 5) is 0. The van der Waals surface area contributed by atoms with Gasteiger partial charge in [-0.3, -0.25) is 0 Å². The van der Waals surface area contributed by atoms with Crippen molar-refractivity contribution in [2.75, 3.05) is 0 Å². The quantitative estimate of drug-likeness (QED) is 0.948. The van der Waals surface area contributed by atoms with Gasteiger partial charge in [-0.25, -0.2) is 9.07 Å². The molecule has 1 heterocycles. The molecule has 0 radical (unpaired) electrons. The summed E-state index contributed by atoms with van der Waals surface area (Å²) in [5, 5.41) is 17.3. The minimum Gasteiger partial charge on any atom is -0.387 e. The van der Waals surface area contributed by atoms with Crippen molar-refractivity contribution in [3.8, 4) is 5.69 Å². The molecule has 0 aliphatic rings. The van der Waals surface area contributed by atoms with Crippen molar-refractivity contribution in [2.45, 2.75) is 19.4 Å². The minimum absolute atomic E-state index is 0.365. The maximum absolute atomic E-state index is 13.3. The van der Waals surface area contributed by atoms with Crippen LogP contribution in [-0.2, 0) is 0 Å². The van der Waals surface area contributed by atoms with Gasteiger partial charge in [-0.05, 0) is 34.5 Å². The van der Waals surface area contributed by atoms with Crippen molar-refractivity contribution in [3.63, 3.8) is 0 Å². The molecule has 2 rings (SSSR count). The maximum atomic E-state index is 13.3. The monoisotopic (exact) mass is 299 g/mol. The zero-order valence-electron chi connectivity index (χ0n) is 9.14. The molecular weight excluding hydrogens is 289 g/mol. The van der Waals surface area contributed by atoms with Crippen molar-refractivity contribution < 1.29 is 9.50 Å². The van der Waals surface area contributed by atoms with E-state index in [2.05, 4.69) is 26.2 Å². The van der Waals surface area contributed by atoms with Gasteiger partial charge >= 0.3 is 0 Å². The predicted octanol–water partition coefficient (Wildman–Crippen LogP) is 2.61. The Morgan fingerprint density at radius 3 is 2.94 bits per heavy atom. The largest absolute Gasteiger partial charge is 0.387 e. The Balaban J connectivity index is 2.33. The SMILES string of the molecule is CCC(O)c1cn(-c2ccc(Br)c(F)c2)nn1. The molecule has 90 valence electrons. The van der Waals surface area contributed by atoms with Gasteiger partial charge in [0.2, 0.25) is 0 Å². The van der Waals surface area contributed by atoms with Crippen LogP contribution in [0.3, 0.4) is 0 Å². The van der Waals surface area contributed by atoms with E-state index in [0.717, 1.165) is 0 Å². The molecular formula is C11H11BrFN3O. The van der Waals surface area contributed by atoms with E-state index in [0.29, 0.717) is 22.3 Å². The molecule has 1 aromatic carbocycles. The van der Waals surface area contributed by atoms with E-state index in [1.54, 1.807) is 18.3 Å². The van der Waals surface area contributed by atoms with Gasteiger partial charge < -0.3 is 5.11 Å². The third-order valence-electron chi connectivity index (χ3n) is 2.41. The first kappa shape index (κ1) is 12.2. The van der Waals surface area contributed by atoms with Gasteiger partial charge in [0, 0.05) is 6.07 Å². The fraction of sp³-hybridized carbons (Fsp3) is 0.273. The average Bonchev–Trinajstić information content (AvgIpc) is 2.81. The van der Waals surface area contributed by atoms with E-state index in [-0.39, 0.29) is 5.82 Å². The van der Waals surface area contributed by atoms with Crippen LogP contribution in [0, 0.1) is 5.82 Å². The highest BCUT2D eigenvalue weighted by molar-refractivity contribution is 9.10. The van der Waals surface area contributed by atoms with Crippen LogP contribution in [0.2, 0.25) is 0 Å². The van der Waals surface area contributed by atoms with Gasteiger partial charge in [0.15, 0.2) is 0 Å². The minimum atomic E-state index is -0.635. The number of benzene rings is 1. The van der Waals surface area contributed by atoms with Gasteiger partial charge in [0.1, 0.15) is 11.5 Å². The fourth-order valence-corrected chi connectivity index (χ4v) is 1.64. The summed E-state index contributed by atoms with van der Waals surface area (Å²) in [6, 6.07) is 4.66. The number of nitrogens with zero attached hydrogens (tertiary/aromatic N) is 3. The topological polar surface area (TPSA) is 50.9 Å². The molecule has 0 fully saturated rings. The van der Waals surface area contributed by atoms with Gasteiger partial charge in [0.05, 0.1) is 22.5 Å². The van der Waals surface area contributed by atoms with Gasteiger partial charge in [0.25, 0.3) is 0 Å². The molecule has 0 bridgehead atoms. The molecule has 0 amide bonds. The number of hydrogen-bond donors (Lipinski definition) is 1. The molecule has 1 unspecified atom stereocenters. The Bertz CT molecular complexity index is 529. The Morgan fingerprint density at radius 2 is 2.29 bits per heavy atom. The fourth-order valence-electron chi connectivity index (χ4n) is 1.39. The molecule has 2 aromatic rings. The molecule has 6 heteroatoms. The van der Waals surface area contributed by atoms with Crippen LogP contribution in [0.4, 0.5) is 4.39 Å². The van der Waals surface area contributed by atoms with Crippen LogP contribution in [0.1, 0.15) is 25.1 Å². The summed E-state index contributed by atoms with van der Waals surface area (Å²) in [7, 11) is 0. The van der Waals surface area contributed by atoms with E-state index >= 15 is 0 Å². The van der Waals surface area contributed by atoms with Crippen molar-refractivity contribution in [1.82, 2.24) is 15.0 Å². The highest BCUT2D eigenvalue weighted by Crippen LogP contribution is 2.19. The smallest absolute Gasteiger partial charge is 0.139 e. The molecule has 0 saturated heterocycles. The first-order chi connectivity index (χ1) is 8.11. The third kappa shape index (κ3) is 2.53. The lowest BCUT2D eigenvalue weighted by atomic mass is 10.2. The molecule has 1 N–H and O–H groups in total. The number of rotatable bonds is 3. The lowest BCUT2D eigenvalue weighted by Gasteiger charge is -2.02. The second-order valence-electron chi connectivity index (χ2n) is 3.61. The normalized spacial score (nSPS) is 12.7. The highest BCUT2D eigenvalue weighted by Gasteiger charge is 2.11. The van der Waals surface area contributed by atoms with Crippen LogP contribution in [0.15, 0.2) is 28.9 Å². The van der Waals surface area contributed by atoms with Gasteiger partial charge in [-0.15, -0.1) is 5.10 Å². The molecule has 0 spiro atoms. The van der Waals surface area contributed by atoms with Crippen molar-refractivity contribution >= 4 is 15.9 Å². The number of aliphatic hydroxyl groups is 1. The van der Waals surface area contributed by atoms with E-state index in [4.69, 9.17) is 0 Å². The molecule has 1 aromatic heterocycles.